The predicted molar refractivity (Wildman–Crippen MR) is 129 cm³/mol. The van der Waals surface area contributed by atoms with Gasteiger partial charge in [-0.3, -0.25) is 9.59 Å². The first-order valence-corrected chi connectivity index (χ1v) is 11.3. The van der Waals surface area contributed by atoms with E-state index in [1.54, 1.807) is 23.1 Å². The van der Waals surface area contributed by atoms with E-state index in [1.807, 2.05) is 75.4 Å². The summed E-state index contributed by atoms with van der Waals surface area (Å²) >= 11 is 0. The van der Waals surface area contributed by atoms with Gasteiger partial charge < -0.3 is 10.2 Å². The van der Waals surface area contributed by atoms with Gasteiger partial charge in [-0.2, -0.15) is 0 Å². The molecule has 5 heteroatoms. The van der Waals surface area contributed by atoms with Gasteiger partial charge in [-0.1, -0.05) is 78.4 Å². The SMILES string of the molecule is Cc1ccc(CN(C(=O)Cc2ccccc2F)[C@H](Cc2ccccc2)C(=O)NC(C)C)cc1. The van der Waals surface area contributed by atoms with Crippen molar-refractivity contribution in [3.05, 3.63) is 107 Å². The van der Waals surface area contributed by atoms with Crippen molar-refractivity contribution in [3.8, 4) is 0 Å². The van der Waals surface area contributed by atoms with Gasteiger partial charge in [0.1, 0.15) is 11.9 Å². The number of amides is 2. The molecule has 3 aromatic rings. The monoisotopic (exact) mass is 446 g/mol. The third-order valence-corrected chi connectivity index (χ3v) is 5.48. The maximum atomic E-state index is 14.3. The van der Waals surface area contributed by atoms with Crippen LogP contribution in [-0.4, -0.2) is 28.8 Å². The zero-order valence-electron chi connectivity index (χ0n) is 19.4. The summed E-state index contributed by atoms with van der Waals surface area (Å²) in [6, 6.07) is 23.0. The highest BCUT2D eigenvalue weighted by Crippen LogP contribution is 2.18. The molecule has 172 valence electrons. The molecule has 0 saturated carbocycles. The topological polar surface area (TPSA) is 49.4 Å². The Kier molecular flexibility index (Phi) is 8.36. The van der Waals surface area contributed by atoms with Crippen LogP contribution in [0.3, 0.4) is 0 Å². The van der Waals surface area contributed by atoms with Crippen LogP contribution in [0.4, 0.5) is 4.39 Å². The normalized spacial score (nSPS) is 11.8. The number of hydrogen-bond donors (Lipinski definition) is 1. The molecule has 2 amide bonds. The van der Waals surface area contributed by atoms with Gasteiger partial charge >= 0.3 is 0 Å². The van der Waals surface area contributed by atoms with E-state index in [0.717, 1.165) is 16.7 Å². The smallest absolute Gasteiger partial charge is 0.243 e. The summed E-state index contributed by atoms with van der Waals surface area (Å²) in [5, 5.41) is 2.96. The second-order valence-corrected chi connectivity index (χ2v) is 8.64. The van der Waals surface area contributed by atoms with E-state index in [1.165, 1.54) is 6.07 Å². The lowest BCUT2D eigenvalue weighted by Crippen LogP contribution is -2.52. The molecule has 0 radical (unpaired) electrons. The largest absolute Gasteiger partial charge is 0.352 e. The Bertz CT molecular complexity index is 1060. The predicted octanol–water partition coefficient (Wildman–Crippen LogP) is 4.84. The lowest BCUT2D eigenvalue weighted by molar-refractivity contribution is -0.141. The molecule has 33 heavy (non-hydrogen) atoms. The van der Waals surface area contributed by atoms with Crippen molar-refractivity contribution in [1.82, 2.24) is 10.2 Å². The molecule has 0 saturated heterocycles. The molecule has 0 fully saturated rings. The number of rotatable bonds is 9. The lowest BCUT2D eigenvalue weighted by atomic mass is 10.0. The van der Waals surface area contributed by atoms with E-state index in [0.29, 0.717) is 12.0 Å². The Hall–Kier alpha value is -3.47. The van der Waals surface area contributed by atoms with Gasteiger partial charge in [0, 0.05) is 19.0 Å². The van der Waals surface area contributed by atoms with Crippen LogP contribution in [0.15, 0.2) is 78.9 Å². The molecule has 0 aliphatic carbocycles. The minimum absolute atomic E-state index is 0.0707. The van der Waals surface area contributed by atoms with Crippen LogP contribution >= 0.6 is 0 Å². The highest BCUT2D eigenvalue weighted by atomic mass is 19.1. The van der Waals surface area contributed by atoms with Gasteiger partial charge in [-0.15, -0.1) is 0 Å². The molecule has 0 bridgehead atoms. The third kappa shape index (κ3) is 7.01. The first-order chi connectivity index (χ1) is 15.8. The molecule has 3 aromatic carbocycles. The number of aryl methyl sites for hydroxylation is 1. The Labute approximate surface area is 195 Å². The van der Waals surface area contributed by atoms with E-state index >= 15 is 0 Å². The highest BCUT2D eigenvalue weighted by molar-refractivity contribution is 5.89. The van der Waals surface area contributed by atoms with E-state index in [4.69, 9.17) is 0 Å². The molecule has 1 N–H and O–H groups in total. The Morgan fingerprint density at radius 1 is 0.879 bits per heavy atom. The van der Waals surface area contributed by atoms with Gasteiger partial charge in [0.25, 0.3) is 0 Å². The zero-order chi connectivity index (χ0) is 23.8. The van der Waals surface area contributed by atoms with E-state index in [2.05, 4.69) is 5.32 Å². The van der Waals surface area contributed by atoms with Crippen LogP contribution in [0, 0.1) is 12.7 Å². The molecule has 0 spiro atoms. The highest BCUT2D eigenvalue weighted by Gasteiger charge is 2.31. The van der Waals surface area contributed by atoms with Crippen molar-refractivity contribution in [2.75, 3.05) is 0 Å². The van der Waals surface area contributed by atoms with Gasteiger partial charge in [0.05, 0.1) is 6.42 Å². The fourth-order valence-corrected chi connectivity index (χ4v) is 3.73. The standard InChI is InChI=1S/C28H31FN2O2/c1-20(2)30-28(33)26(17-22-9-5-4-6-10-22)31(19-23-15-13-21(3)14-16-23)27(32)18-24-11-7-8-12-25(24)29/h4-16,20,26H,17-19H2,1-3H3,(H,30,33)/t26-/m1/s1. The van der Waals surface area contributed by atoms with Crippen molar-refractivity contribution in [1.29, 1.82) is 0 Å². The maximum Gasteiger partial charge on any atom is 0.243 e. The van der Waals surface area contributed by atoms with Crippen LogP contribution in [0.5, 0.6) is 0 Å². The van der Waals surface area contributed by atoms with Crippen LogP contribution < -0.4 is 5.32 Å². The maximum absolute atomic E-state index is 14.3. The summed E-state index contributed by atoms with van der Waals surface area (Å²) in [6.07, 6.45) is 0.257. The van der Waals surface area contributed by atoms with Gasteiger partial charge in [-0.25, -0.2) is 4.39 Å². The fourth-order valence-electron chi connectivity index (χ4n) is 3.73. The minimum Gasteiger partial charge on any atom is -0.352 e. The zero-order valence-corrected chi connectivity index (χ0v) is 19.4. The van der Waals surface area contributed by atoms with Crippen molar-refractivity contribution in [3.63, 3.8) is 0 Å². The summed E-state index contributed by atoms with van der Waals surface area (Å²) in [4.78, 5) is 28.4. The summed E-state index contributed by atoms with van der Waals surface area (Å²) in [5.41, 5.74) is 3.30. The molecule has 0 aromatic heterocycles. The number of hydrogen-bond acceptors (Lipinski definition) is 2. The second-order valence-electron chi connectivity index (χ2n) is 8.64. The van der Waals surface area contributed by atoms with Crippen molar-refractivity contribution >= 4 is 11.8 Å². The summed E-state index contributed by atoms with van der Waals surface area (Å²) in [6.45, 7) is 6.04. The lowest BCUT2D eigenvalue weighted by Gasteiger charge is -2.32. The molecule has 0 aliphatic rings. The van der Waals surface area contributed by atoms with E-state index in [9.17, 15) is 14.0 Å². The number of nitrogens with zero attached hydrogens (tertiary/aromatic N) is 1. The van der Waals surface area contributed by atoms with Crippen molar-refractivity contribution < 1.29 is 14.0 Å². The average molecular weight is 447 g/mol. The van der Waals surface area contributed by atoms with E-state index in [-0.39, 0.29) is 30.8 Å². The Balaban J connectivity index is 1.97. The molecule has 3 rings (SSSR count). The van der Waals surface area contributed by atoms with Gasteiger partial charge in [0.15, 0.2) is 0 Å². The number of benzene rings is 3. The molecule has 1 atom stereocenters. The molecular formula is C28H31FN2O2. The van der Waals surface area contributed by atoms with Crippen LogP contribution in [-0.2, 0) is 29.0 Å². The molecular weight excluding hydrogens is 415 g/mol. The Morgan fingerprint density at radius 2 is 1.52 bits per heavy atom. The third-order valence-electron chi connectivity index (χ3n) is 5.48. The first kappa shape index (κ1) is 24.2. The average Bonchev–Trinajstić information content (AvgIpc) is 2.79. The van der Waals surface area contributed by atoms with Crippen LogP contribution in [0.2, 0.25) is 0 Å². The van der Waals surface area contributed by atoms with E-state index < -0.39 is 11.9 Å². The minimum atomic E-state index is -0.727. The second kappa shape index (κ2) is 11.4. The number of carbonyl (C=O) groups is 2. The number of carbonyl (C=O) groups excluding carboxylic acids is 2. The molecule has 4 nitrogen and oxygen atoms in total. The fraction of sp³-hybridized carbons (Fsp3) is 0.286. The van der Waals surface area contributed by atoms with Crippen molar-refractivity contribution in [2.45, 2.75) is 52.2 Å². The van der Waals surface area contributed by atoms with Gasteiger partial charge in [-0.05, 0) is 43.5 Å². The van der Waals surface area contributed by atoms with Crippen LogP contribution in [0.25, 0.3) is 0 Å². The molecule has 0 unspecified atom stereocenters. The first-order valence-electron chi connectivity index (χ1n) is 11.3. The summed E-state index contributed by atoms with van der Waals surface area (Å²) in [5.74, 6) is -0.935. The summed E-state index contributed by atoms with van der Waals surface area (Å²) < 4.78 is 14.3. The molecule has 0 heterocycles. The summed E-state index contributed by atoms with van der Waals surface area (Å²) in [7, 11) is 0. The number of halogens is 1. The number of nitrogens with one attached hydrogen (secondary N) is 1. The molecule has 0 aliphatic heterocycles. The quantitative estimate of drug-likeness (QED) is 0.511. The van der Waals surface area contributed by atoms with Crippen LogP contribution in [0.1, 0.15) is 36.1 Å². The van der Waals surface area contributed by atoms with Gasteiger partial charge in [0.2, 0.25) is 11.8 Å². The van der Waals surface area contributed by atoms with Crippen molar-refractivity contribution in [2.24, 2.45) is 0 Å². The Morgan fingerprint density at radius 3 is 2.15 bits per heavy atom.